The molecule has 1 saturated carbocycles. The van der Waals surface area contributed by atoms with Crippen molar-refractivity contribution in [1.82, 2.24) is 15.5 Å². The minimum atomic E-state index is 0.00773. The second-order valence-electron chi connectivity index (χ2n) is 8.30. The highest BCUT2D eigenvalue weighted by atomic mass is 16.5. The Morgan fingerprint density at radius 2 is 1.87 bits per heavy atom. The molecular weight excluding hydrogens is 376 g/mol. The number of aromatic nitrogens is 2. The summed E-state index contributed by atoms with van der Waals surface area (Å²) in [5.41, 5.74) is 3.99. The number of hydrogen-bond acceptors (Lipinski definition) is 5. The lowest BCUT2D eigenvalue weighted by Crippen LogP contribution is -2.28. The molecule has 6 heteroatoms. The van der Waals surface area contributed by atoms with Gasteiger partial charge in [0.05, 0.1) is 6.20 Å². The van der Waals surface area contributed by atoms with Crippen LogP contribution >= 0.6 is 0 Å². The summed E-state index contributed by atoms with van der Waals surface area (Å²) in [7, 11) is 0. The zero-order valence-electron chi connectivity index (χ0n) is 17.1. The molecule has 2 fully saturated rings. The van der Waals surface area contributed by atoms with Crippen molar-refractivity contribution in [3.8, 4) is 11.1 Å². The summed E-state index contributed by atoms with van der Waals surface area (Å²) < 4.78 is 5.45. The highest BCUT2D eigenvalue weighted by molar-refractivity contribution is 5.97. The van der Waals surface area contributed by atoms with Crippen molar-refractivity contribution in [2.24, 2.45) is 0 Å². The standard InChI is InChI=1S/C24H26N4O2/c1-15-2-3-17(24(29)27-19-5-6-19)13-22(15)16-4-7-21-18(12-16)14-25-28-23(21)26-20-8-10-30-11-9-20/h2-4,7,12-14,19-20H,5-6,8-11H2,1H3,(H,26,28)(H,27,29). The van der Waals surface area contributed by atoms with E-state index in [0.717, 1.165) is 72.2 Å². The van der Waals surface area contributed by atoms with Gasteiger partial charge in [0.2, 0.25) is 0 Å². The van der Waals surface area contributed by atoms with E-state index in [1.54, 1.807) is 6.20 Å². The number of carbonyl (C=O) groups excluding carboxylic acids is 1. The zero-order valence-corrected chi connectivity index (χ0v) is 17.1. The van der Waals surface area contributed by atoms with Crippen LogP contribution in [0.3, 0.4) is 0 Å². The first-order valence-corrected chi connectivity index (χ1v) is 10.7. The van der Waals surface area contributed by atoms with Crippen LogP contribution in [0, 0.1) is 6.92 Å². The van der Waals surface area contributed by atoms with Crippen molar-refractivity contribution in [2.75, 3.05) is 18.5 Å². The SMILES string of the molecule is Cc1ccc(C(=O)NC2CC2)cc1-c1ccc2c(NC3CCOCC3)nncc2c1. The van der Waals surface area contributed by atoms with Crippen molar-refractivity contribution in [3.05, 3.63) is 53.7 Å². The third-order valence-electron chi connectivity index (χ3n) is 5.95. The topological polar surface area (TPSA) is 76.1 Å². The molecule has 154 valence electrons. The molecule has 0 radical (unpaired) electrons. The molecule has 1 amide bonds. The first-order chi connectivity index (χ1) is 14.7. The number of nitrogens with one attached hydrogen (secondary N) is 2. The van der Waals surface area contributed by atoms with E-state index >= 15 is 0 Å². The van der Waals surface area contributed by atoms with Crippen LogP contribution in [0.1, 0.15) is 41.6 Å². The van der Waals surface area contributed by atoms with Crippen molar-refractivity contribution in [3.63, 3.8) is 0 Å². The van der Waals surface area contributed by atoms with Crippen LogP contribution in [0.4, 0.5) is 5.82 Å². The molecular formula is C24H26N4O2. The van der Waals surface area contributed by atoms with Gasteiger partial charge < -0.3 is 15.4 Å². The molecule has 0 bridgehead atoms. The Bertz CT molecular complexity index is 1090. The van der Waals surface area contributed by atoms with Crippen LogP contribution in [0.15, 0.2) is 42.6 Å². The first kappa shape index (κ1) is 19.0. The second-order valence-corrected chi connectivity index (χ2v) is 8.30. The van der Waals surface area contributed by atoms with Crippen LogP contribution in [-0.2, 0) is 4.74 Å². The fourth-order valence-electron chi connectivity index (χ4n) is 3.97. The molecule has 0 spiro atoms. The van der Waals surface area contributed by atoms with Crippen molar-refractivity contribution in [2.45, 2.75) is 44.7 Å². The summed E-state index contributed by atoms with van der Waals surface area (Å²) in [5.74, 6) is 0.827. The largest absolute Gasteiger partial charge is 0.381 e. The molecule has 1 aliphatic heterocycles. The normalized spacial score (nSPS) is 17.1. The van der Waals surface area contributed by atoms with Gasteiger partial charge >= 0.3 is 0 Å². The van der Waals surface area contributed by atoms with Gasteiger partial charge in [0.1, 0.15) is 0 Å². The smallest absolute Gasteiger partial charge is 0.251 e. The first-order valence-electron chi connectivity index (χ1n) is 10.7. The number of amides is 1. The average molecular weight is 402 g/mol. The molecule has 3 aromatic rings. The van der Waals surface area contributed by atoms with E-state index < -0.39 is 0 Å². The average Bonchev–Trinajstić information content (AvgIpc) is 3.58. The molecule has 30 heavy (non-hydrogen) atoms. The van der Waals surface area contributed by atoms with Crippen molar-refractivity contribution in [1.29, 1.82) is 0 Å². The maximum absolute atomic E-state index is 12.5. The molecule has 1 aromatic heterocycles. The minimum Gasteiger partial charge on any atom is -0.381 e. The highest BCUT2D eigenvalue weighted by Crippen LogP contribution is 2.30. The van der Waals surface area contributed by atoms with Gasteiger partial charge in [-0.05, 0) is 73.6 Å². The Labute approximate surface area is 176 Å². The lowest BCUT2D eigenvalue weighted by molar-refractivity contribution is 0.0904. The van der Waals surface area contributed by atoms with E-state index in [9.17, 15) is 4.79 Å². The van der Waals surface area contributed by atoms with Crippen LogP contribution in [-0.4, -0.2) is 41.4 Å². The quantitative estimate of drug-likeness (QED) is 0.672. The van der Waals surface area contributed by atoms with Gasteiger partial charge in [0.25, 0.3) is 5.91 Å². The van der Waals surface area contributed by atoms with Crippen LogP contribution in [0.2, 0.25) is 0 Å². The predicted octanol–water partition coefficient (Wildman–Crippen LogP) is 4.09. The molecule has 0 unspecified atom stereocenters. The van der Waals surface area contributed by atoms with Crippen LogP contribution in [0.5, 0.6) is 0 Å². The molecule has 2 heterocycles. The third kappa shape index (κ3) is 4.00. The number of hydrogen-bond donors (Lipinski definition) is 2. The Kier molecular flexibility index (Phi) is 5.09. The summed E-state index contributed by atoms with van der Waals surface area (Å²) >= 11 is 0. The fourth-order valence-corrected chi connectivity index (χ4v) is 3.97. The summed E-state index contributed by atoms with van der Waals surface area (Å²) in [6.45, 7) is 3.64. The maximum atomic E-state index is 12.5. The van der Waals surface area contributed by atoms with Gasteiger partial charge in [-0.2, -0.15) is 5.10 Å². The Hall–Kier alpha value is -2.99. The number of nitrogens with zero attached hydrogens (tertiary/aromatic N) is 2. The van der Waals surface area contributed by atoms with E-state index in [4.69, 9.17) is 4.74 Å². The second kappa shape index (κ2) is 8.03. The molecule has 5 rings (SSSR count). The molecule has 1 aliphatic carbocycles. The Morgan fingerprint density at radius 3 is 2.67 bits per heavy atom. The fraction of sp³-hybridized carbons (Fsp3) is 0.375. The summed E-state index contributed by atoms with van der Waals surface area (Å²) in [6, 6.07) is 12.9. The Morgan fingerprint density at radius 1 is 1.03 bits per heavy atom. The lowest BCUT2D eigenvalue weighted by Gasteiger charge is -2.24. The van der Waals surface area contributed by atoms with Crippen molar-refractivity contribution >= 4 is 22.5 Å². The van der Waals surface area contributed by atoms with Crippen LogP contribution in [0.25, 0.3) is 21.9 Å². The Balaban J connectivity index is 1.45. The summed E-state index contributed by atoms with van der Waals surface area (Å²) in [4.78, 5) is 12.5. The number of anilines is 1. The number of fused-ring (bicyclic) bond motifs is 1. The molecule has 2 aromatic carbocycles. The third-order valence-corrected chi connectivity index (χ3v) is 5.95. The van der Waals surface area contributed by atoms with E-state index in [-0.39, 0.29) is 5.91 Å². The van der Waals surface area contributed by atoms with Crippen molar-refractivity contribution < 1.29 is 9.53 Å². The van der Waals surface area contributed by atoms with Gasteiger partial charge in [0, 0.05) is 41.6 Å². The molecule has 1 saturated heterocycles. The predicted molar refractivity (Wildman–Crippen MR) is 118 cm³/mol. The number of benzene rings is 2. The summed E-state index contributed by atoms with van der Waals surface area (Å²) in [6.07, 6.45) is 5.92. The van der Waals surface area contributed by atoms with Gasteiger partial charge in [0.15, 0.2) is 5.82 Å². The molecule has 2 aliphatic rings. The van der Waals surface area contributed by atoms with E-state index in [2.05, 4.69) is 46.0 Å². The molecule has 2 N–H and O–H groups in total. The van der Waals surface area contributed by atoms with E-state index in [1.165, 1.54) is 0 Å². The van der Waals surface area contributed by atoms with Gasteiger partial charge in [-0.25, -0.2) is 0 Å². The van der Waals surface area contributed by atoms with Crippen LogP contribution < -0.4 is 10.6 Å². The maximum Gasteiger partial charge on any atom is 0.251 e. The summed E-state index contributed by atoms with van der Waals surface area (Å²) in [5, 5.41) is 17.2. The number of carbonyl (C=O) groups is 1. The van der Waals surface area contributed by atoms with Gasteiger partial charge in [-0.3, -0.25) is 4.79 Å². The molecule has 0 atom stereocenters. The van der Waals surface area contributed by atoms with E-state index in [0.29, 0.717) is 17.6 Å². The minimum absolute atomic E-state index is 0.00773. The molecule has 6 nitrogen and oxygen atoms in total. The number of ether oxygens (including phenoxy) is 1. The van der Waals surface area contributed by atoms with E-state index in [1.807, 2.05) is 18.2 Å². The number of aryl methyl sites for hydroxylation is 1. The lowest BCUT2D eigenvalue weighted by atomic mass is 9.96. The van der Waals surface area contributed by atoms with Gasteiger partial charge in [-0.1, -0.05) is 12.1 Å². The monoisotopic (exact) mass is 402 g/mol. The zero-order chi connectivity index (χ0) is 20.5. The highest BCUT2D eigenvalue weighted by Gasteiger charge is 2.24. The number of rotatable bonds is 5. The van der Waals surface area contributed by atoms with Gasteiger partial charge in [-0.15, -0.1) is 5.10 Å².